The number of benzene rings is 1. The molecule has 0 bridgehead atoms. The van der Waals surface area contributed by atoms with Crippen molar-refractivity contribution in [2.45, 2.75) is 25.4 Å². The molecule has 2 fully saturated rings. The highest BCUT2D eigenvalue weighted by atomic mass is 16.2. The fraction of sp³-hybridized carbons (Fsp3) is 0.500. The van der Waals surface area contributed by atoms with E-state index in [1.807, 2.05) is 57.4 Å². The average molecular weight is 437 g/mol. The molecule has 0 unspecified atom stereocenters. The minimum absolute atomic E-state index is 0.0151. The molecule has 2 saturated heterocycles. The topological polar surface area (TPSA) is 72.9 Å². The molecule has 0 spiro atoms. The molecule has 1 aromatic heterocycles. The maximum absolute atomic E-state index is 13.0. The van der Waals surface area contributed by atoms with Crippen molar-refractivity contribution in [3.8, 4) is 0 Å². The monoisotopic (exact) mass is 436 g/mol. The lowest BCUT2D eigenvalue weighted by atomic mass is 9.97. The summed E-state index contributed by atoms with van der Waals surface area (Å²) < 4.78 is 0. The van der Waals surface area contributed by atoms with Gasteiger partial charge in [0.1, 0.15) is 11.6 Å². The first-order valence-electron chi connectivity index (χ1n) is 11.1. The summed E-state index contributed by atoms with van der Waals surface area (Å²) in [5.41, 5.74) is 2.14. The van der Waals surface area contributed by atoms with E-state index in [0.717, 1.165) is 31.1 Å². The Labute approximate surface area is 189 Å². The molecule has 0 aliphatic carbocycles. The van der Waals surface area contributed by atoms with Crippen LogP contribution in [0.5, 0.6) is 0 Å². The number of likely N-dealkylation sites (N-methyl/N-ethyl adjacent to an activating group) is 1. The second kappa shape index (κ2) is 9.24. The standard InChI is InChI=1S/C24H32N6O2/c1-27(2)22-11-20(18-10-23(31)28(3)13-18)25-21(26-22)16-29(4)24(32)19-14-30(15-19)12-17-8-6-5-7-9-17/h5-9,11,18-19H,10,12-16H2,1-4H3/t18-/m0/s1. The van der Waals surface area contributed by atoms with Crippen LogP contribution in [-0.2, 0) is 22.7 Å². The molecule has 4 rings (SSSR count). The van der Waals surface area contributed by atoms with Gasteiger partial charge in [-0.25, -0.2) is 9.97 Å². The van der Waals surface area contributed by atoms with E-state index < -0.39 is 0 Å². The summed E-state index contributed by atoms with van der Waals surface area (Å²) >= 11 is 0. The predicted octanol–water partition coefficient (Wildman–Crippen LogP) is 1.58. The summed E-state index contributed by atoms with van der Waals surface area (Å²) in [6.07, 6.45) is 0.466. The van der Waals surface area contributed by atoms with E-state index >= 15 is 0 Å². The van der Waals surface area contributed by atoms with Crippen molar-refractivity contribution in [1.82, 2.24) is 24.7 Å². The number of nitrogens with zero attached hydrogens (tertiary/aromatic N) is 6. The van der Waals surface area contributed by atoms with E-state index in [4.69, 9.17) is 4.98 Å². The van der Waals surface area contributed by atoms with Gasteiger partial charge in [0.2, 0.25) is 11.8 Å². The Balaban J connectivity index is 1.38. The molecule has 170 valence electrons. The summed E-state index contributed by atoms with van der Waals surface area (Å²) in [5.74, 6) is 1.76. The van der Waals surface area contributed by atoms with E-state index in [-0.39, 0.29) is 23.7 Å². The first-order valence-corrected chi connectivity index (χ1v) is 11.1. The first-order chi connectivity index (χ1) is 15.3. The van der Waals surface area contributed by atoms with Crippen molar-refractivity contribution < 1.29 is 9.59 Å². The number of aromatic nitrogens is 2. The third-order valence-corrected chi connectivity index (χ3v) is 6.31. The number of likely N-dealkylation sites (tertiary alicyclic amines) is 2. The molecule has 0 saturated carbocycles. The molecule has 1 aromatic carbocycles. The van der Waals surface area contributed by atoms with E-state index in [1.54, 1.807) is 9.80 Å². The van der Waals surface area contributed by atoms with Crippen LogP contribution in [0.25, 0.3) is 0 Å². The van der Waals surface area contributed by atoms with E-state index in [1.165, 1.54) is 5.56 Å². The van der Waals surface area contributed by atoms with E-state index in [2.05, 4.69) is 22.0 Å². The quantitative estimate of drug-likeness (QED) is 0.656. The highest BCUT2D eigenvalue weighted by molar-refractivity contribution is 5.80. The zero-order chi connectivity index (χ0) is 22.8. The summed E-state index contributed by atoms with van der Waals surface area (Å²) in [6, 6.07) is 12.3. The molecule has 2 aliphatic rings. The normalized spacial score (nSPS) is 19.2. The van der Waals surface area contributed by atoms with Crippen molar-refractivity contribution in [3.63, 3.8) is 0 Å². The average Bonchev–Trinajstić information content (AvgIpc) is 3.09. The van der Waals surface area contributed by atoms with Crippen LogP contribution in [0.4, 0.5) is 5.82 Å². The Morgan fingerprint density at radius 2 is 1.81 bits per heavy atom. The zero-order valence-corrected chi connectivity index (χ0v) is 19.4. The van der Waals surface area contributed by atoms with Gasteiger partial charge in [0.05, 0.1) is 18.2 Å². The van der Waals surface area contributed by atoms with E-state index in [9.17, 15) is 9.59 Å². The molecule has 0 N–H and O–H groups in total. The number of hydrogen-bond acceptors (Lipinski definition) is 6. The number of hydrogen-bond donors (Lipinski definition) is 0. The highest BCUT2D eigenvalue weighted by Crippen LogP contribution is 2.28. The van der Waals surface area contributed by atoms with Gasteiger partial charge in [0.15, 0.2) is 0 Å². The van der Waals surface area contributed by atoms with Crippen LogP contribution in [0.2, 0.25) is 0 Å². The lowest BCUT2D eigenvalue weighted by molar-refractivity contribution is -0.140. The van der Waals surface area contributed by atoms with Gasteiger partial charge < -0.3 is 14.7 Å². The highest BCUT2D eigenvalue weighted by Gasteiger charge is 2.35. The van der Waals surface area contributed by atoms with E-state index in [0.29, 0.717) is 25.3 Å². The van der Waals surface area contributed by atoms with Crippen molar-refractivity contribution >= 4 is 17.6 Å². The molecule has 2 amide bonds. The van der Waals surface area contributed by atoms with Crippen LogP contribution in [0.15, 0.2) is 36.4 Å². The third kappa shape index (κ3) is 4.91. The number of amides is 2. The molecule has 8 nitrogen and oxygen atoms in total. The molecule has 2 aromatic rings. The van der Waals surface area contributed by atoms with Gasteiger partial charge in [-0.05, 0) is 5.56 Å². The van der Waals surface area contributed by atoms with Gasteiger partial charge in [-0.15, -0.1) is 0 Å². The van der Waals surface area contributed by atoms with Gasteiger partial charge in [-0.3, -0.25) is 14.5 Å². The fourth-order valence-corrected chi connectivity index (χ4v) is 4.37. The predicted molar refractivity (Wildman–Crippen MR) is 123 cm³/mol. The lowest BCUT2D eigenvalue weighted by Gasteiger charge is -2.39. The molecule has 2 aliphatic heterocycles. The van der Waals surface area contributed by atoms with Crippen LogP contribution in [0.3, 0.4) is 0 Å². The van der Waals surface area contributed by atoms with Crippen LogP contribution in [-0.4, -0.2) is 84.3 Å². The smallest absolute Gasteiger partial charge is 0.228 e. The maximum atomic E-state index is 13.0. The second-order valence-corrected chi connectivity index (χ2v) is 9.21. The molecule has 32 heavy (non-hydrogen) atoms. The number of rotatable bonds is 7. The van der Waals surface area contributed by atoms with Crippen LogP contribution in [0.1, 0.15) is 29.4 Å². The molecule has 0 radical (unpaired) electrons. The molecular formula is C24H32N6O2. The van der Waals surface area contributed by atoms with Crippen molar-refractivity contribution in [1.29, 1.82) is 0 Å². The largest absolute Gasteiger partial charge is 0.363 e. The summed E-state index contributed by atoms with van der Waals surface area (Å²) in [6.45, 7) is 3.45. The maximum Gasteiger partial charge on any atom is 0.228 e. The van der Waals surface area contributed by atoms with Gasteiger partial charge in [-0.2, -0.15) is 0 Å². The van der Waals surface area contributed by atoms with Gasteiger partial charge >= 0.3 is 0 Å². The Kier molecular flexibility index (Phi) is 6.41. The Morgan fingerprint density at radius 1 is 1.09 bits per heavy atom. The third-order valence-electron chi connectivity index (χ3n) is 6.31. The Hall–Kier alpha value is -3.00. The van der Waals surface area contributed by atoms with Gasteiger partial charge in [0.25, 0.3) is 0 Å². The molecule has 3 heterocycles. The SMILES string of the molecule is CN1C[C@@H](c2cc(N(C)C)nc(CN(C)C(=O)C3CN(Cc4ccccc4)C3)n2)CC1=O. The van der Waals surface area contributed by atoms with Gasteiger partial charge in [0, 0.05) is 72.8 Å². The molecule has 8 heteroatoms. The lowest BCUT2D eigenvalue weighted by Crippen LogP contribution is -2.53. The van der Waals surface area contributed by atoms with Gasteiger partial charge in [-0.1, -0.05) is 30.3 Å². The fourth-order valence-electron chi connectivity index (χ4n) is 4.37. The Morgan fingerprint density at radius 3 is 2.44 bits per heavy atom. The molecule has 1 atom stereocenters. The number of carbonyl (C=O) groups is 2. The zero-order valence-electron chi connectivity index (χ0n) is 19.4. The van der Waals surface area contributed by atoms with Crippen LogP contribution >= 0.6 is 0 Å². The van der Waals surface area contributed by atoms with Crippen molar-refractivity contribution in [2.24, 2.45) is 5.92 Å². The first kappa shape index (κ1) is 22.2. The van der Waals surface area contributed by atoms with Crippen molar-refractivity contribution in [2.75, 3.05) is 52.7 Å². The Bertz CT molecular complexity index is 974. The summed E-state index contributed by atoms with van der Waals surface area (Å²) in [7, 11) is 7.52. The number of anilines is 1. The summed E-state index contributed by atoms with van der Waals surface area (Å²) in [5, 5.41) is 0. The van der Waals surface area contributed by atoms with Crippen LogP contribution < -0.4 is 4.90 Å². The minimum Gasteiger partial charge on any atom is -0.363 e. The van der Waals surface area contributed by atoms with Crippen LogP contribution in [0, 0.1) is 5.92 Å². The summed E-state index contributed by atoms with van der Waals surface area (Å²) in [4.78, 5) is 42.1. The van der Waals surface area contributed by atoms with Crippen molar-refractivity contribution in [3.05, 3.63) is 53.5 Å². The number of carbonyl (C=O) groups excluding carboxylic acids is 2. The minimum atomic E-state index is 0.0151. The second-order valence-electron chi connectivity index (χ2n) is 9.21. The molecular weight excluding hydrogens is 404 g/mol.